The minimum atomic E-state index is -2.56. The molecular weight excluding hydrogens is 540 g/mol. The van der Waals surface area contributed by atoms with Crippen molar-refractivity contribution in [2.75, 3.05) is 14.2 Å². The first kappa shape index (κ1) is 23.6. The maximum absolute atomic E-state index is 14.2. The van der Waals surface area contributed by atoms with Crippen molar-refractivity contribution in [2.24, 2.45) is 0 Å². The quantitative estimate of drug-likeness (QED) is 0.160. The number of aliphatic hydroxyl groups is 1. The fourth-order valence-electron chi connectivity index (χ4n) is 6.91. The van der Waals surface area contributed by atoms with Crippen molar-refractivity contribution in [1.82, 2.24) is 0 Å². The fraction of sp³-hybridized carbons (Fsp3) is 0.207. The van der Waals surface area contributed by atoms with Crippen LogP contribution in [0.1, 0.15) is 40.4 Å². The molecule has 4 aromatic rings. The van der Waals surface area contributed by atoms with E-state index < -0.39 is 52.2 Å². The number of methoxy groups -OCH3 is 2. The van der Waals surface area contributed by atoms with E-state index in [9.17, 15) is 34.8 Å². The average molecular weight is 558 g/mol. The van der Waals surface area contributed by atoms with Gasteiger partial charge in [0.1, 0.15) is 39.4 Å². The molecule has 12 heteroatoms. The maximum Gasteiger partial charge on any atom is 0.348 e. The first-order valence-electron chi connectivity index (χ1n) is 12.4. The molecule has 3 heterocycles. The van der Waals surface area contributed by atoms with Gasteiger partial charge in [-0.1, -0.05) is 0 Å². The fourth-order valence-corrected chi connectivity index (χ4v) is 6.91. The van der Waals surface area contributed by atoms with Gasteiger partial charge in [0, 0.05) is 56.8 Å². The van der Waals surface area contributed by atoms with Crippen molar-refractivity contribution in [3.63, 3.8) is 0 Å². The molecule has 3 aromatic carbocycles. The Bertz CT molecular complexity index is 2120. The van der Waals surface area contributed by atoms with E-state index in [1.54, 1.807) is 0 Å². The Hall–Kier alpha value is -5.23. The monoisotopic (exact) mass is 558 g/mol. The number of hydrogen-bond acceptors (Lipinski definition) is 12. The van der Waals surface area contributed by atoms with Crippen LogP contribution in [-0.4, -0.2) is 52.0 Å². The lowest BCUT2D eigenvalue weighted by molar-refractivity contribution is -0.137. The molecule has 0 radical (unpaired) electrons. The second kappa shape index (κ2) is 6.91. The van der Waals surface area contributed by atoms with Crippen LogP contribution < -0.4 is 19.8 Å². The van der Waals surface area contributed by atoms with Gasteiger partial charge < -0.3 is 43.8 Å². The number of phenolic OH excluding ortho intramolecular Hbond substituents is 3. The van der Waals surface area contributed by atoms with Crippen LogP contribution in [0.25, 0.3) is 32.9 Å². The zero-order chi connectivity index (χ0) is 28.9. The van der Waals surface area contributed by atoms with Gasteiger partial charge in [-0.15, -0.1) is 0 Å². The number of carbonyl (C=O) groups excluding carboxylic acids is 2. The Labute approximate surface area is 228 Å². The summed E-state index contributed by atoms with van der Waals surface area (Å²) in [5.74, 6) is -3.80. The predicted octanol–water partition coefficient (Wildman–Crippen LogP) is 3.20. The summed E-state index contributed by atoms with van der Waals surface area (Å²) in [6.45, 7) is 1.49. The molecule has 2 aliphatic heterocycles. The van der Waals surface area contributed by atoms with Crippen molar-refractivity contribution in [1.29, 1.82) is 0 Å². The Morgan fingerprint density at radius 1 is 0.805 bits per heavy atom. The lowest BCUT2D eigenvalue weighted by Gasteiger charge is -2.47. The number of ether oxygens (including phenoxy) is 4. The smallest absolute Gasteiger partial charge is 0.348 e. The zero-order valence-electron chi connectivity index (χ0n) is 21.5. The van der Waals surface area contributed by atoms with Gasteiger partial charge in [-0.05, 0) is 6.92 Å². The third-order valence-electron chi connectivity index (χ3n) is 8.45. The van der Waals surface area contributed by atoms with E-state index >= 15 is 0 Å². The molecule has 4 aliphatic rings. The van der Waals surface area contributed by atoms with Crippen LogP contribution in [0.15, 0.2) is 27.4 Å². The lowest BCUT2D eigenvalue weighted by atomic mass is 9.60. The Morgan fingerprint density at radius 3 is 2.22 bits per heavy atom. The van der Waals surface area contributed by atoms with Gasteiger partial charge in [0.05, 0.1) is 20.6 Å². The molecule has 0 fully saturated rings. The molecule has 0 saturated carbocycles. The van der Waals surface area contributed by atoms with Crippen molar-refractivity contribution < 1.29 is 53.4 Å². The summed E-state index contributed by atoms with van der Waals surface area (Å²) >= 11 is 0. The van der Waals surface area contributed by atoms with Gasteiger partial charge >= 0.3 is 11.6 Å². The molecular formula is C29H18O12. The van der Waals surface area contributed by atoms with Gasteiger partial charge in [0.2, 0.25) is 0 Å². The van der Waals surface area contributed by atoms with Crippen molar-refractivity contribution >= 4 is 44.6 Å². The SMILES string of the molecule is COc1cc(O)c2c3c1Oc1c(O)cc4oc(=O)c5c(O)cc(OC)c6c5c4c1C1=C3[C@@](C)(CC(=O)[C@@]16O)OC2=O. The van der Waals surface area contributed by atoms with Gasteiger partial charge in [0.25, 0.3) is 0 Å². The Kier molecular flexibility index (Phi) is 3.98. The molecule has 8 rings (SSSR count). The van der Waals surface area contributed by atoms with E-state index in [0.29, 0.717) is 0 Å². The minimum Gasteiger partial charge on any atom is -0.507 e. The number of carbonyl (C=O) groups is 2. The standard InChI is InChI=1S/C29H18O12/c1-28-7-14(33)29(36)21-12(37-2)4-8(30)15-18(21)17-11(39-26(15)34)6-10(32)24-20(17)23(29)22(28)19-16(27(35)41-28)9(31)5-13(38-3)25(19)40-24/h4-6,30-32,36H,7H2,1-3H3/t28-,29+/m1/s1. The lowest BCUT2D eigenvalue weighted by Crippen LogP contribution is -2.52. The number of hydrogen-bond donors (Lipinski definition) is 4. The largest absolute Gasteiger partial charge is 0.507 e. The summed E-state index contributed by atoms with van der Waals surface area (Å²) in [4.78, 5) is 40.6. The molecule has 0 unspecified atom stereocenters. The van der Waals surface area contributed by atoms with E-state index in [0.717, 1.165) is 18.2 Å². The molecule has 2 atom stereocenters. The van der Waals surface area contributed by atoms with Crippen molar-refractivity contribution in [3.05, 3.63) is 50.9 Å². The van der Waals surface area contributed by atoms with E-state index in [-0.39, 0.29) is 78.1 Å². The number of benzene rings is 3. The molecule has 1 aromatic heterocycles. The highest BCUT2D eigenvalue weighted by Crippen LogP contribution is 2.67. The molecule has 206 valence electrons. The second-order valence-corrected chi connectivity index (χ2v) is 10.5. The van der Waals surface area contributed by atoms with Crippen LogP contribution in [-0.2, 0) is 15.1 Å². The van der Waals surface area contributed by atoms with E-state index in [1.807, 2.05) is 0 Å². The van der Waals surface area contributed by atoms with Crippen LogP contribution >= 0.6 is 0 Å². The third kappa shape index (κ3) is 2.40. The first-order chi connectivity index (χ1) is 19.5. The molecule has 4 N–H and O–H groups in total. The number of aromatic hydroxyl groups is 3. The summed E-state index contributed by atoms with van der Waals surface area (Å²) in [5.41, 5.74) is -5.84. The summed E-state index contributed by atoms with van der Waals surface area (Å²) in [7, 11) is 2.58. The van der Waals surface area contributed by atoms with Crippen LogP contribution in [0.3, 0.4) is 0 Å². The maximum atomic E-state index is 14.2. The number of ketones is 1. The first-order valence-corrected chi connectivity index (χ1v) is 12.4. The van der Waals surface area contributed by atoms with E-state index in [1.165, 1.54) is 21.1 Å². The summed E-state index contributed by atoms with van der Waals surface area (Å²) in [6, 6.07) is 3.37. The van der Waals surface area contributed by atoms with Crippen molar-refractivity contribution in [2.45, 2.75) is 24.5 Å². The summed E-state index contributed by atoms with van der Waals surface area (Å²) in [6.07, 6.45) is -0.523. The highest BCUT2D eigenvalue weighted by atomic mass is 16.6. The van der Waals surface area contributed by atoms with Gasteiger partial charge in [-0.25, -0.2) is 9.59 Å². The molecule has 0 bridgehead atoms. The van der Waals surface area contributed by atoms with Crippen LogP contribution in [0, 0.1) is 0 Å². The molecule has 0 amide bonds. The number of fused-ring (bicyclic) bond motifs is 1. The normalized spacial score (nSPS) is 23.0. The molecule has 0 spiro atoms. The Morgan fingerprint density at radius 2 is 1.51 bits per heavy atom. The number of phenols is 3. The molecule has 0 saturated heterocycles. The molecule has 41 heavy (non-hydrogen) atoms. The average Bonchev–Trinajstić information content (AvgIpc) is 3.07. The highest BCUT2D eigenvalue weighted by molar-refractivity contribution is 6.29. The number of esters is 1. The molecule has 2 aliphatic carbocycles. The van der Waals surface area contributed by atoms with Gasteiger partial charge in [0.15, 0.2) is 34.4 Å². The van der Waals surface area contributed by atoms with Gasteiger partial charge in [-0.2, -0.15) is 0 Å². The second-order valence-electron chi connectivity index (χ2n) is 10.5. The predicted molar refractivity (Wildman–Crippen MR) is 139 cm³/mol. The summed E-state index contributed by atoms with van der Waals surface area (Å²) < 4.78 is 28.6. The summed E-state index contributed by atoms with van der Waals surface area (Å²) in [5, 5.41) is 45.4. The number of Topliss-reactive ketones (excluding diaryl/α,β-unsaturated/α-hetero) is 1. The van der Waals surface area contributed by atoms with Crippen LogP contribution in [0.2, 0.25) is 0 Å². The van der Waals surface area contributed by atoms with E-state index in [4.69, 9.17) is 23.4 Å². The Balaban J connectivity index is 1.76. The van der Waals surface area contributed by atoms with E-state index in [2.05, 4.69) is 0 Å². The highest BCUT2D eigenvalue weighted by Gasteiger charge is 2.62. The van der Waals surface area contributed by atoms with Crippen LogP contribution in [0.4, 0.5) is 0 Å². The van der Waals surface area contributed by atoms with Crippen LogP contribution in [0.5, 0.6) is 40.2 Å². The minimum absolute atomic E-state index is 0.0000906. The van der Waals surface area contributed by atoms with Crippen molar-refractivity contribution in [3.8, 4) is 40.2 Å². The zero-order valence-corrected chi connectivity index (χ0v) is 21.5. The topological polar surface area (TPSA) is 182 Å². The molecule has 12 nitrogen and oxygen atoms in total. The number of rotatable bonds is 2. The van der Waals surface area contributed by atoms with Gasteiger partial charge in [-0.3, -0.25) is 4.79 Å². The third-order valence-corrected chi connectivity index (χ3v) is 8.45.